The van der Waals surface area contributed by atoms with Crippen LogP contribution >= 0.6 is 0 Å². The van der Waals surface area contributed by atoms with Gasteiger partial charge in [-0.1, -0.05) is 12.1 Å². The van der Waals surface area contributed by atoms with Crippen LogP contribution in [0.5, 0.6) is 0 Å². The van der Waals surface area contributed by atoms with Gasteiger partial charge in [-0.2, -0.15) is 13.2 Å². The van der Waals surface area contributed by atoms with Crippen LogP contribution < -0.4 is 5.32 Å². The minimum absolute atomic E-state index is 0.101. The third kappa shape index (κ3) is 5.00. The Kier molecular flexibility index (Phi) is 5.65. The van der Waals surface area contributed by atoms with Gasteiger partial charge in [-0.3, -0.25) is 0 Å². The van der Waals surface area contributed by atoms with Gasteiger partial charge in [0, 0.05) is 12.6 Å². The van der Waals surface area contributed by atoms with Crippen LogP contribution in [0.2, 0.25) is 0 Å². The average Bonchev–Trinajstić information content (AvgIpc) is 2.47. The summed E-state index contributed by atoms with van der Waals surface area (Å²) >= 11 is 0. The van der Waals surface area contributed by atoms with E-state index in [2.05, 4.69) is 5.32 Å². The van der Waals surface area contributed by atoms with Gasteiger partial charge in [0.15, 0.2) is 0 Å². The predicted octanol–water partition coefficient (Wildman–Crippen LogP) is 4.32. The van der Waals surface area contributed by atoms with E-state index >= 15 is 0 Å². The normalized spacial score (nSPS) is 21.2. The van der Waals surface area contributed by atoms with E-state index in [1.807, 2.05) is 6.92 Å². The molecule has 1 aliphatic heterocycles. The molecule has 118 valence electrons. The summed E-state index contributed by atoms with van der Waals surface area (Å²) in [4.78, 5) is 0. The molecule has 0 amide bonds. The number of nitrogens with one attached hydrogen (secondary N) is 1. The first-order valence-corrected chi connectivity index (χ1v) is 7.49. The third-order valence-electron chi connectivity index (χ3n) is 3.90. The molecule has 5 heteroatoms. The van der Waals surface area contributed by atoms with Gasteiger partial charge in [-0.15, -0.1) is 0 Å². The number of hydrogen-bond acceptors (Lipinski definition) is 2. The number of hydrogen-bond donors (Lipinski definition) is 1. The Morgan fingerprint density at radius 3 is 2.81 bits per heavy atom. The van der Waals surface area contributed by atoms with Crippen molar-refractivity contribution in [2.75, 3.05) is 13.2 Å². The molecule has 0 radical (unpaired) electrons. The van der Waals surface area contributed by atoms with Gasteiger partial charge in [-0.25, -0.2) is 0 Å². The first kappa shape index (κ1) is 16.3. The van der Waals surface area contributed by atoms with E-state index in [1.165, 1.54) is 18.6 Å². The van der Waals surface area contributed by atoms with Crippen molar-refractivity contribution >= 4 is 0 Å². The maximum Gasteiger partial charge on any atom is 0.416 e. The smallest absolute Gasteiger partial charge is 0.378 e. The van der Waals surface area contributed by atoms with Crippen molar-refractivity contribution in [1.29, 1.82) is 0 Å². The van der Waals surface area contributed by atoms with Crippen molar-refractivity contribution in [2.45, 2.75) is 50.9 Å². The van der Waals surface area contributed by atoms with Crippen LogP contribution in [0.25, 0.3) is 0 Å². The molecule has 1 aliphatic rings. The van der Waals surface area contributed by atoms with Crippen molar-refractivity contribution in [3.63, 3.8) is 0 Å². The SMILES string of the molecule is CC(NCCC1CCCCO1)c1cccc(C(F)(F)F)c1. The molecule has 1 heterocycles. The standard InChI is InChI=1S/C16H22F3NO/c1-12(20-9-8-15-7-2-3-10-21-15)13-5-4-6-14(11-13)16(17,18)19/h4-6,11-12,15,20H,2-3,7-10H2,1H3. The van der Waals surface area contributed by atoms with Crippen LogP contribution in [0.15, 0.2) is 24.3 Å². The van der Waals surface area contributed by atoms with E-state index in [4.69, 9.17) is 4.74 Å². The zero-order chi connectivity index (χ0) is 15.3. The first-order valence-electron chi connectivity index (χ1n) is 7.49. The summed E-state index contributed by atoms with van der Waals surface area (Å²) in [6.45, 7) is 3.47. The monoisotopic (exact) mass is 301 g/mol. The Morgan fingerprint density at radius 1 is 1.33 bits per heavy atom. The summed E-state index contributed by atoms with van der Waals surface area (Å²) in [7, 11) is 0. The summed E-state index contributed by atoms with van der Waals surface area (Å²) in [5, 5.41) is 3.28. The number of halogens is 3. The lowest BCUT2D eigenvalue weighted by Crippen LogP contribution is -2.27. The van der Waals surface area contributed by atoms with Crippen molar-refractivity contribution in [2.24, 2.45) is 0 Å². The van der Waals surface area contributed by atoms with E-state index in [0.717, 1.165) is 38.5 Å². The van der Waals surface area contributed by atoms with Gasteiger partial charge >= 0.3 is 6.18 Å². The fourth-order valence-electron chi connectivity index (χ4n) is 2.60. The highest BCUT2D eigenvalue weighted by atomic mass is 19.4. The van der Waals surface area contributed by atoms with Crippen molar-refractivity contribution < 1.29 is 17.9 Å². The molecule has 0 aliphatic carbocycles. The average molecular weight is 301 g/mol. The van der Waals surface area contributed by atoms with Gasteiger partial charge in [-0.05, 0) is 56.8 Å². The maximum atomic E-state index is 12.7. The van der Waals surface area contributed by atoms with Gasteiger partial charge in [0.25, 0.3) is 0 Å². The molecule has 0 aromatic heterocycles. The largest absolute Gasteiger partial charge is 0.416 e. The second-order valence-corrected chi connectivity index (χ2v) is 5.58. The lowest BCUT2D eigenvalue weighted by Gasteiger charge is -2.23. The molecule has 1 N–H and O–H groups in total. The Labute approximate surface area is 123 Å². The summed E-state index contributed by atoms with van der Waals surface area (Å²) in [6, 6.07) is 5.40. The zero-order valence-corrected chi connectivity index (χ0v) is 12.2. The lowest BCUT2D eigenvalue weighted by molar-refractivity contribution is -0.137. The van der Waals surface area contributed by atoms with Gasteiger partial charge in [0.2, 0.25) is 0 Å². The molecule has 21 heavy (non-hydrogen) atoms. The number of rotatable bonds is 5. The summed E-state index contributed by atoms with van der Waals surface area (Å²) in [5.41, 5.74) is 0.0682. The molecule has 1 aromatic rings. The third-order valence-corrected chi connectivity index (χ3v) is 3.90. The molecule has 1 saturated heterocycles. The Morgan fingerprint density at radius 2 is 2.14 bits per heavy atom. The minimum Gasteiger partial charge on any atom is -0.378 e. The predicted molar refractivity (Wildman–Crippen MR) is 76.1 cm³/mol. The Bertz CT molecular complexity index is 441. The molecule has 1 aromatic carbocycles. The topological polar surface area (TPSA) is 21.3 Å². The van der Waals surface area contributed by atoms with Gasteiger partial charge in [0.05, 0.1) is 11.7 Å². The van der Waals surface area contributed by atoms with E-state index in [0.29, 0.717) is 11.7 Å². The molecule has 2 unspecified atom stereocenters. The Balaban J connectivity index is 1.83. The van der Waals surface area contributed by atoms with E-state index in [1.54, 1.807) is 6.07 Å². The Hall–Kier alpha value is -1.07. The molecule has 0 bridgehead atoms. The fourth-order valence-corrected chi connectivity index (χ4v) is 2.60. The first-order chi connectivity index (χ1) is 9.97. The minimum atomic E-state index is -4.29. The van der Waals surface area contributed by atoms with Crippen LogP contribution in [0.3, 0.4) is 0 Å². The number of benzene rings is 1. The molecule has 2 nitrogen and oxygen atoms in total. The van der Waals surface area contributed by atoms with Crippen LogP contribution in [-0.4, -0.2) is 19.3 Å². The lowest BCUT2D eigenvalue weighted by atomic mass is 10.0. The second kappa shape index (κ2) is 7.27. The highest BCUT2D eigenvalue weighted by molar-refractivity contribution is 5.27. The van der Waals surface area contributed by atoms with Crippen molar-refractivity contribution in [3.8, 4) is 0 Å². The highest BCUT2D eigenvalue weighted by Gasteiger charge is 2.30. The van der Waals surface area contributed by atoms with E-state index < -0.39 is 11.7 Å². The summed E-state index contributed by atoms with van der Waals surface area (Å²) in [6.07, 6.45) is 0.326. The van der Waals surface area contributed by atoms with Crippen LogP contribution in [0.1, 0.15) is 49.8 Å². The number of ether oxygens (including phenoxy) is 1. The molecule has 1 fully saturated rings. The van der Waals surface area contributed by atoms with Gasteiger partial charge in [0.1, 0.15) is 0 Å². The molecule has 0 saturated carbocycles. The van der Waals surface area contributed by atoms with E-state index in [-0.39, 0.29) is 6.04 Å². The quantitative estimate of drug-likeness (QED) is 0.874. The number of alkyl halides is 3. The van der Waals surface area contributed by atoms with Gasteiger partial charge < -0.3 is 10.1 Å². The maximum absolute atomic E-state index is 12.7. The van der Waals surface area contributed by atoms with Crippen LogP contribution in [0.4, 0.5) is 13.2 Å². The van der Waals surface area contributed by atoms with E-state index in [9.17, 15) is 13.2 Å². The molecular formula is C16H22F3NO. The zero-order valence-electron chi connectivity index (χ0n) is 12.2. The summed E-state index contributed by atoms with van der Waals surface area (Å²) < 4.78 is 43.7. The van der Waals surface area contributed by atoms with Crippen molar-refractivity contribution in [1.82, 2.24) is 5.32 Å². The molecule has 2 atom stereocenters. The molecular weight excluding hydrogens is 279 g/mol. The van der Waals surface area contributed by atoms with Crippen LogP contribution in [-0.2, 0) is 10.9 Å². The second-order valence-electron chi connectivity index (χ2n) is 5.58. The van der Waals surface area contributed by atoms with Crippen molar-refractivity contribution in [3.05, 3.63) is 35.4 Å². The molecule has 2 rings (SSSR count). The van der Waals surface area contributed by atoms with Crippen LogP contribution in [0, 0.1) is 0 Å². The summed E-state index contributed by atoms with van der Waals surface area (Å²) in [5.74, 6) is 0. The fraction of sp³-hybridized carbons (Fsp3) is 0.625. The molecule has 0 spiro atoms. The highest BCUT2D eigenvalue weighted by Crippen LogP contribution is 2.30.